The van der Waals surface area contributed by atoms with Crippen molar-refractivity contribution in [2.24, 2.45) is 0 Å². The van der Waals surface area contributed by atoms with Crippen molar-refractivity contribution < 1.29 is 23.0 Å². The third-order valence-electron chi connectivity index (χ3n) is 5.61. The lowest BCUT2D eigenvalue weighted by atomic mass is 10.2. The zero-order valence-corrected chi connectivity index (χ0v) is 21.1. The van der Waals surface area contributed by atoms with E-state index in [4.69, 9.17) is 9.47 Å². The van der Waals surface area contributed by atoms with Crippen LogP contribution in [0.1, 0.15) is 39.7 Å². The number of aliphatic hydroxyl groups excluding tert-OH is 1. The van der Waals surface area contributed by atoms with E-state index in [1.54, 1.807) is 38.5 Å². The van der Waals surface area contributed by atoms with E-state index in [0.29, 0.717) is 16.5 Å². The van der Waals surface area contributed by atoms with Crippen molar-refractivity contribution >= 4 is 21.4 Å². The van der Waals surface area contributed by atoms with Crippen LogP contribution in [0.3, 0.4) is 0 Å². The van der Waals surface area contributed by atoms with Gasteiger partial charge in [-0.05, 0) is 56.2 Å². The molecule has 0 amide bonds. The summed E-state index contributed by atoms with van der Waals surface area (Å²) >= 11 is 1.32. The van der Waals surface area contributed by atoms with E-state index in [-0.39, 0.29) is 13.1 Å². The zero-order valence-electron chi connectivity index (χ0n) is 19.5. The SMILES string of the molecule is COc1ccc(CN(Cc2ccc(OC)cc2)S(=O)(=O)[C@@H](C)[C@H](O)c2nc(C)c(C)s2)cc1. The second-order valence-corrected chi connectivity index (χ2v) is 11.4. The van der Waals surface area contributed by atoms with Crippen LogP contribution in [0.25, 0.3) is 0 Å². The van der Waals surface area contributed by atoms with E-state index in [9.17, 15) is 13.5 Å². The molecule has 0 saturated heterocycles. The Kier molecular flexibility index (Phi) is 8.12. The smallest absolute Gasteiger partial charge is 0.220 e. The lowest BCUT2D eigenvalue weighted by molar-refractivity contribution is 0.171. The molecule has 33 heavy (non-hydrogen) atoms. The van der Waals surface area contributed by atoms with Crippen LogP contribution in [0.5, 0.6) is 11.5 Å². The molecule has 0 aliphatic carbocycles. The maximum atomic E-state index is 13.7. The van der Waals surface area contributed by atoms with Gasteiger partial charge in [-0.1, -0.05) is 24.3 Å². The number of aromatic nitrogens is 1. The second-order valence-electron chi connectivity index (χ2n) is 7.85. The fraction of sp³-hybridized carbons (Fsp3) is 0.375. The summed E-state index contributed by atoms with van der Waals surface area (Å²) in [6.45, 7) is 5.60. The highest BCUT2D eigenvalue weighted by Gasteiger charge is 2.36. The molecule has 1 aromatic heterocycles. The Bertz CT molecular complexity index is 1090. The molecule has 3 aromatic rings. The highest BCUT2D eigenvalue weighted by Crippen LogP contribution is 2.30. The van der Waals surface area contributed by atoms with Crippen molar-refractivity contribution in [1.29, 1.82) is 0 Å². The number of sulfonamides is 1. The third kappa shape index (κ3) is 5.92. The van der Waals surface area contributed by atoms with Gasteiger partial charge in [-0.3, -0.25) is 0 Å². The molecule has 3 rings (SSSR count). The van der Waals surface area contributed by atoms with Crippen molar-refractivity contribution in [3.05, 3.63) is 75.2 Å². The van der Waals surface area contributed by atoms with Gasteiger partial charge in [0.25, 0.3) is 0 Å². The number of aryl methyl sites for hydroxylation is 2. The van der Waals surface area contributed by atoms with Crippen LogP contribution in [0.2, 0.25) is 0 Å². The zero-order chi connectivity index (χ0) is 24.2. The van der Waals surface area contributed by atoms with Crippen LogP contribution in [-0.4, -0.2) is 42.3 Å². The molecule has 0 saturated carbocycles. The first-order valence-electron chi connectivity index (χ1n) is 10.5. The first-order chi connectivity index (χ1) is 15.6. The predicted octanol–water partition coefficient (Wildman–Crippen LogP) is 4.23. The van der Waals surface area contributed by atoms with Crippen LogP contribution >= 0.6 is 11.3 Å². The second kappa shape index (κ2) is 10.6. The van der Waals surface area contributed by atoms with E-state index in [0.717, 1.165) is 21.7 Å². The Morgan fingerprint density at radius 2 is 1.39 bits per heavy atom. The van der Waals surface area contributed by atoms with Crippen molar-refractivity contribution in [2.45, 2.75) is 45.2 Å². The summed E-state index contributed by atoms with van der Waals surface area (Å²) in [5.41, 5.74) is 2.43. The highest BCUT2D eigenvalue weighted by molar-refractivity contribution is 7.89. The monoisotopic (exact) mass is 490 g/mol. The summed E-state index contributed by atoms with van der Waals surface area (Å²) in [4.78, 5) is 5.33. The van der Waals surface area contributed by atoms with E-state index >= 15 is 0 Å². The number of thiazole rings is 1. The van der Waals surface area contributed by atoms with Crippen molar-refractivity contribution in [1.82, 2.24) is 9.29 Å². The van der Waals surface area contributed by atoms with Crippen molar-refractivity contribution in [3.8, 4) is 11.5 Å². The van der Waals surface area contributed by atoms with E-state index in [2.05, 4.69) is 4.98 Å². The molecule has 1 heterocycles. The molecule has 0 aliphatic heterocycles. The molecule has 0 spiro atoms. The largest absolute Gasteiger partial charge is 0.497 e. The van der Waals surface area contributed by atoms with Gasteiger partial charge in [0.1, 0.15) is 27.9 Å². The Hall–Kier alpha value is -2.46. The Morgan fingerprint density at radius 1 is 0.939 bits per heavy atom. The third-order valence-corrected chi connectivity index (χ3v) is 8.93. The molecule has 0 fully saturated rings. The number of nitrogens with zero attached hydrogens (tertiary/aromatic N) is 2. The van der Waals surface area contributed by atoms with Crippen LogP contribution in [0.15, 0.2) is 48.5 Å². The molecule has 0 radical (unpaired) electrons. The van der Waals surface area contributed by atoms with Crippen LogP contribution in [0.4, 0.5) is 0 Å². The van der Waals surface area contributed by atoms with Gasteiger partial charge in [0.15, 0.2) is 0 Å². The minimum Gasteiger partial charge on any atom is -0.497 e. The quantitative estimate of drug-likeness (QED) is 0.458. The summed E-state index contributed by atoms with van der Waals surface area (Å²) < 4.78 is 39.2. The molecule has 2 aromatic carbocycles. The molecule has 0 bridgehead atoms. The van der Waals surface area contributed by atoms with E-state index in [1.807, 2.05) is 38.1 Å². The maximum absolute atomic E-state index is 13.7. The standard InChI is InChI=1S/C24H30N2O5S2/c1-16-17(2)32-24(25-16)23(27)18(3)33(28,29)26(14-19-6-10-21(30-4)11-7-19)15-20-8-12-22(31-5)13-9-20/h6-13,18,23,27H,14-15H2,1-5H3/t18-,23-/m0/s1. The molecule has 1 N–H and O–H groups in total. The normalized spacial score (nSPS) is 13.7. The van der Waals surface area contributed by atoms with Crippen molar-refractivity contribution in [3.63, 3.8) is 0 Å². The van der Waals surface area contributed by atoms with Crippen LogP contribution in [0, 0.1) is 13.8 Å². The molecular weight excluding hydrogens is 460 g/mol. The maximum Gasteiger partial charge on any atom is 0.220 e. The molecule has 178 valence electrons. The summed E-state index contributed by atoms with van der Waals surface area (Å²) in [6, 6.07) is 14.5. The summed E-state index contributed by atoms with van der Waals surface area (Å²) in [5, 5.41) is 10.2. The minimum atomic E-state index is -3.89. The van der Waals surface area contributed by atoms with Crippen LogP contribution < -0.4 is 9.47 Å². The first kappa shape index (κ1) is 25.2. The minimum absolute atomic E-state index is 0.158. The van der Waals surface area contributed by atoms with Gasteiger partial charge in [-0.25, -0.2) is 13.4 Å². The lowest BCUT2D eigenvalue weighted by Crippen LogP contribution is -2.39. The van der Waals surface area contributed by atoms with E-state index in [1.165, 1.54) is 22.6 Å². The Labute approximate surface area is 199 Å². The van der Waals surface area contributed by atoms with Gasteiger partial charge in [0.2, 0.25) is 10.0 Å². The number of hydrogen-bond donors (Lipinski definition) is 1. The average molecular weight is 491 g/mol. The lowest BCUT2D eigenvalue weighted by Gasteiger charge is -2.28. The fourth-order valence-corrected chi connectivity index (χ4v) is 6.01. The fourth-order valence-electron chi connectivity index (χ4n) is 3.33. The van der Waals surface area contributed by atoms with Gasteiger partial charge in [0.05, 0.1) is 19.9 Å². The highest BCUT2D eigenvalue weighted by atomic mass is 32.2. The van der Waals surface area contributed by atoms with Gasteiger partial charge in [-0.15, -0.1) is 11.3 Å². The number of hydrogen-bond acceptors (Lipinski definition) is 7. The van der Waals surface area contributed by atoms with Gasteiger partial charge in [-0.2, -0.15) is 4.31 Å². The van der Waals surface area contributed by atoms with Crippen LogP contribution in [-0.2, 0) is 23.1 Å². The molecule has 7 nitrogen and oxygen atoms in total. The summed E-state index contributed by atoms with van der Waals surface area (Å²) in [7, 11) is -0.725. The van der Waals surface area contributed by atoms with E-state index < -0.39 is 21.4 Å². The molecule has 0 aliphatic rings. The number of ether oxygens (including phenoxy) is 2. The number of rotatable bonds is 10. The number of aliphatic hydroxyl groups is 1. The Balaban J connectivity index is 1.91. The number of benzene rings is 2. The van der Waals surface area contributed by atoms with Gasteiger partial charge >= 0.3 is 0 Å². The Morgan fingerprint density at radius 3 is 1.76 bits per heavy atom. The molecular formula is C24H30N2O5S2. The summed E-state index contributed by atoms with van der Waals surface area (Å²) in [5.74, 6) is 1.39. The van der Waals surface area contributed by atoms with Gasteiger partial charge in [0, 0.05) is 18.0 Å². The van der Waals surface area contributed by atoms with Crippen molar-refractivity contribution in [2.75, 3.05) is 14.2 Å². The van der Waals surface area contributed by atoms with Gasteiger partial charge < -0.3 is 14.6 Å². The summed E-state index contributed by atoms with van der Waals surface area (Å²) in [6.07, 6.45) is -1.22. The topological polar surface area (TPSA) is 89.0 Å². The molecule has 9 heteroatoms. The molecule has 0 unspecified atom stereocenters. The first-order valence-corrected chi connectivity index (χ1v) is 12.8. The molecule has 2 atom stereocenters. The average Bonchev–Trinajstić information content (AvgIpc) is 3.16. The number of methoxy groups -OCH3 is 2. The predicted molar refractivity (Wildman–Crippen MR) is 130 cm³/mol.